The van der Waals surface area contributed by atoms with E-state index in [1.165, 1.54) is 5.56 Å². The van der Waals surface area contributed by atoms with Crippen LogP contribution >= 0.6 is 0 Å². The molecule has 2 atom stereocenters. The number of benzene rings is 1. The molecule has 1 aromatic rings. The minimum Gasteiger partial charge on any atom is -0.481 e. The lowest BCUT2D eigenvalue weighted by Crippen LogP contribution is -2.38. The summed E-state index contributed by atoms with van der Waals surface area (Å²) < 4.78 is 5.74. The average Bonchev–Trinajstić information content (AvgIpc) is 2.44. The quantitative estimate of drug-likeness (QED) is 0.814. The summed E-state index contributed by atoms with van der Waals surface area (Å²) in [6, 6.07) is 7.86. The number of aliphatic hydroxyl groups excluding tert-OH is 1. The number of amides is 1. The number of carbonyl (C=O) groups excluding carboxylic acids is 1. The van der Waals surface area contributed by atoms with Gasteiger partial charge in [0.15, 0.2) is 6.10 Å². The van der Waals surface area contributed by atoms with Gasteiger partial charge in [-0.15, -0.1) is 0 Å². The lowest BCUT2D eigenvalue weighted by atomic mass is 9.87. The fourth-order valence-electron chi connectivity index (χ4n) is 2.03. The van der Waals surface area contributed by atoms with E-state index in [1.54, 1.807) is 6.92 Å². The number of aliphatic hydroxyl groups is 1. The minimum atomic E-state index is -0.545. The summed E-state index contributed by atoms with van der Waals surface area (Å²) in [5, 5.41) is 11.7. The van der Waals surface area contributed by atoms with Crippen molar-refractivity contribution in [2.45, 2.75) is 52.6 Å². The third-order valence-electron chi connectivity index (χ3n) is 3.63. The first-order chi connectivity index (χ1) is 10.2. The topological polar surface area (TPSA) is 58.6 Å². The van der Waals surface area contributed by atoms with E-state index in [0.717, 1.165) is 0 Å². The third kappa shape index (κ3) is 6.06. The van der Waals surface area contributed by atoms with E-state index in [0.29, 0.717) is 18.7 Å². The Kier molecular flexibility index (Phi) is 6.88. The standard InChI is InChI=1S/C18H29NO3/c1-13(9-10-20)12-19-17(21)14(2)22-16-8-6-7-15(11-16)18(3,4)5/h6-8,11,13-14,20H,9-10,12H2,1-5H3,(H,19,21). The Morgan fingerprint density at radius 2 is 2.00 bits per heavy atom. The van der Waals surface area contributed by atoms with Gasteiger partial charge in [-0.1, -0.05) is 39.8 Å². The highest BCUT2D eigenvalue weighted by Gasteiger charge is 2.17. The summed E-state index contributed by atoms with van der Waals surface area (Å²) in [7, 11) is 0. The summed E-state index contributed by atoms with van der Waals surface area (Å²) in [6.45, 7) is 10.9. The molecule has 0 radical (unpaired) electrons. The van der Waals surface area contributed by atoms with Crippen LogP contribution in [-0.4, -0.2) is 30.3 Å². The second-order valence-electron chi connectivity index (χ2n) is 6.90. The molecule has 1 rings (SSSR count). The molecule has 0 aliphatic carbocycles. The summed E-state index contributed by atoms with van der Waals surface area (Å²) in [5.74, 6) is 0.829. The molecular weight excluding hydrogens is 278 g/mol. The van der Waals surface area contributed by atoms with Crippen LogP contribution < -0.4 is 10.1 Å². The molecule has 0 saturated carbocycles. The molecule has 1 amide bonds. The minimum absolute atomic E-state index is 0.0462. The van der Waals surface area contributed by atoms with Crippen molar-refractivity contribution in [1.29, 1.82) is 0 Å². The number of carbonyl (C=O) groups is 1. The molecule has 0 fully saturated rings. The van der Waals surface area contributed by atoms with Crippen molar-refractivity contribution in [2.75, 3.05) is 13.2 Å². The third-order valence-corrected chi connectivity index (χ3v) is 3.63. The Morgan fingerprint density at radius 3 is 2.59 bits per heavy atom. The van der Waals surface area contributed by atoms with Crippen LogP contribution in [0.2, 0.25) is 0 Å². The monoisotopic (exact) mass is 307 g/mol. The van der Waals surface area contributed by atoms with Crippen LogP contribution in [0.4, 0.5) is 0 Å². The summed E-state index contributed by atoms with van der Waals surface area (Å²) >= 11 is 0. The smallest absolute Gasteiger partial charge is 0.260 e. The Balaban J connectivity index is 2.57. The van der Waals surface area contributed by atoms with Gasteiger partial charge in [0.25, 0.3) is 5.91 Å². The van der Waals surface area contributed by atoms with Gasteiger partial charge in [-0.05, 0) is 42.4 Å². The summed E-state index contributed by atoms with van der Waals surface area (Å²) in [4.78, 5) is 12.0. The molecule has 0 aromatic heterocycles. The van der Waals surface area contributed by atoms with E-state index in [9.17, 15) is 4.79 Å². The number of hydrogen-bond acceptors (Lipinski definition) is 3. The van der Waals surface area contributed by atoms with Gasteiger partial charge >= 0.3 is 0 Å². The molecule has 0 aliphatic rings. The van der Waals surface area contributed by atoms with Gasteiger partial charge in [0.2, 0.25) is 0 Å². The second-order valence-corrected chi connectivity index (χ2v) is 6.90. The van der Waals surface area contributed by atoms with Gasteiger partial charge < -0.3 is 15.2 Å². The van der Waals surface area contributed by atoms with Gasteiger partial charge in [0, 0.05) is 13.2 Å². The molecule has 1 aromatic carbocycles. The molecule has 4 heteroatoms. The highest BCUT2D eigenvalue weighted by atomic mass is 16.5. The fourth-order valence-corrected chi connectivity index (χ4v) is 2.03. The zero-order valence-electron chi connectivity index (χ0n) is 14.3. The highest BCUT2D eigenvalue weighted by Crippen LogP contribution is 2.26. The van der Waals surface area contributed by atoms with E-state index in [4.69, 9.17) is 9.84 Å². The number of ether oxygens (including phenoxy) is 1. The fraction of sp³-hybridized carbons (Fsp3) is 0.611. The zero-order chi connectivity index (χ0) is 16.8. The first-order valence-electron chi connectivity index (χ1n) is 7.89. The normalized spacial score (nSPS) is 14.3. The van der Waals surface area contributed by atoms with Crippen LogP contribution in [-0.2, 0) is 10.2 Å². The van der Waals surface area contributed by atoms with Crippen LogP contribution in [0.5, 0.6) is 5.75 Å². The Labute approximate surface area is 133 Å². The van der Waals surface area contributed by atoms with Crippen molar-refractivity contribution in [3.63, 3.8) is 0 Å². The Morgan fingerprint density at radius 1 is 1.32 bits per heavy atom. The molecule has 22 heavy (non-hydrogen) atoms. The van der Waals surface area contributed by atoms with Gasteiger partial charge in [0.1, 0.15) is 5.75 Å². The molecule has 0 spiro atoms. The SMILES string of the molecule is CC(CCO)CNC(=O)C(C)Oc1cccc(C(C)(C)C)c1. The largest absolute Gasteiger partial charge is 0.481 e. The van der Waals surface area contributed by atoms with E-state index in [1.807, 2.05) is 25.1 Å². The predicted octanol–water partition coefficient (Wildman–Crippen LogP) is 2.89. The Bertz CT molecular complexity index is 479. The average molecular weight is 307 g/mol. The van der Waals surface area contributed by atoms with Gasteiger partial charge in [-0.3, -0.25) is 4.79 Å². The summed E-state index contributed by atoms with van der Waals surface area (Å²) in [5.41, 5.74) is 1.22. The number of nitrogens with one attached hydrogen (secondary N) is 1. The van der Waals surface area contributed by atoms with Crippen LogP contribution in [0.1, 0.15) is 46.6 Å². The summed E-state index contributed by atoms with van der Waals surface area (Å²) in [6.07, 6.45) is 0.139. The van der Waals surface area contributed by atoms with Crippen LogP contribution in [0.15, 0.2) is 24.3 Å². The first kappa shape index (κ1) is 18.5. The maximum Gasteiger partial charge on any atom is 0.260 e. The van der Waals surface area contributed by atoms with Crippen LogP contribution in [0.3, 0.4) is 0 Å². The van der Waals surface area contributed by atoms with Crippen molar-refractivity contribution in [2.24, 2.45) is 5.92 Å². The molecule has 0 aliphatic heterocycles. The number of rotatable bonds is 7. The van der Waals surface area contributed by atoms with Crippen molar-refractivity contribution in [1.82, 2.24) is 5.32 Å². The van der Waals surface area contributed by atoms with Gasteiger partial charge in [-0.25, -0.2) is 0 Å². The van der Waals surface area contributed by atoms with Crippen molar-refractivity contribution < 1.29 is 14.6 Å². The molecule has 0 saturated heterocycles. The van der Waals surface area contributed by atoms with Crippen molar-refractivity contribution >= 4 is 5.91 Å². The zero-order valence-corrected chi connectivity index (χ0v) is 14.3. The molecule has 2 N–H and O–H groups in total. The van der Waals surface area contributed by atoms with Crippen LogP contribution in [0, 0.1) is 5.92 Å². The number of hydrogen-bond donors (Lipinski definition) is 2. The molecular formula is C18H29NO3. The molecule has 4 nitrogen and oxygen atoms in total. The second kappa shape index (κ2) is 8.18. The molecule has 124 valence electrons. The maximum atomic E-state index is 12.0. The van der Waals surface area contributed by atoms with Gasteiger partial charge in [0.05, 0.1) is 0 Å². The maximum absolute atomic E-state index is 12.0. The molecule has 0 heterocycles. The lowest BCUT2D eigenvalue weighted by molar-refractivity contribution is -0.127. The predicted molar refractivity (Wildman–Crippen MR) is 89.1 cm³/mol. The highest BCUT2D eigenvalue weighted by molar-refractivity contribution is 5.80. The van der Waals surface area contributed by atoms with Crippen molar-refractivity contribution in [3.8, 4) is 5.75 Å². The molecule has 0 bridgehead atoms. The van der Waals surface area contributed by atoms with Crippen molar-refractivity contribution in [3.05, 3.63) is 29.8 Å². The van der Waals surface area contributed by atoms with E-state index < -0.39 is 6.10 Å². The first-order valence-corrected chi connectivity index (χ1v) is 7.89. The molecule has 2 unspecified atom stereocenters. The Hall–Kier alpha value is -1.55. The lowest BCUT2D eigenvalue weighted by Gasteiger charge is -2.21. The van der Waals surface area contributed by atoms with E-state index in [2.05, 4.69) is 32.2 Å². The van der Waals surface area contributed by atoms with E-state index >= 15 is 0 Å². The van der Waals surface area contributed by atoms with Gasteiger partial charge in [-0.2, -0.15) is 0 Å². The van der Waals surface area contributed by atoms with E-state index in [-0.39, 0.29) is 23.8 Å². The van der Waals surface area contributed by atoms with Crippen LogP contribution in [0.25, 0.3) is 0 Å².